The lowest BCUT2D eigenvalue weighted by Gasteiger charge is -2.05. The Kier molecular flexibility index (Phi) is 15.9. The van der Waals surface area contributed by atoms with Gasteiger partial charge in [-0.2, -0.15) is 0 Å². The second-order valence-electron chi connectivity index (χ2n) is 14.4. The van der Waals surface area contributed by atoms with Crippen molar-refractivity contribution in [3.05, 3.63) is 223 Å². The molecule has 6 heterocycles. The van der Waals surface area contributed by atoms with Gasteiger partial charge in [-0.3, -0.25) is 19.5 Å². The van der Waals surface area contributed by atoms with Gasteiger partial charge >= 0.3 is 0 Å². The Morgan fingerprint density at radius 1 is 0.419 bits per heavy atom. The minimum Gasteiger partial charge on any atom is -0.297 e. The third-order valence-electron chi connectivity index (χ3n) is 9.35. The zero-order chi connectivity index (χ0) is 43.5. The summed E-state index contributed by atoms with van der Waals surface area (Å²) in [5.74, 6) is 2.67. The van der Waals surface area contributed by atoms with Crippen LogP contribution in [0.15, 0.2) is 194 Å². The second kappa shape index (κ2) is 22.6. The van der Waals surface area contributed by atoms with Crippen LogP contribution in [0, 0.1) is 34.6 Å². The maximum absolute atomic E-state index is 4.55. The predicted octanol–water partition coefficient (Wildman–Crippen LogP) is 12.3. The van der Waals surface area contributed by atoms with Gasteiger partial charge in [-0.25, -0.2) is 24.9 Å². The zero-order valence-electron chi connectivity index (χ0n) is 36.1. The fourth-order valence-electron chi connectivity index (χ4n) is 6.39. The van der Waals surface area contributed by atoms with Crippen LogP contribution < -0.4 is 0 Å². The molecule has 9 heteroatoms. The van der Waals surface area contributed by atoms with Gasteiger partial charge in [0, 0.05) is 64.8 Å². The molecular formula is C53H51N9. The number of aryl methyl sites for hydroxylation is 5. The number of rotatable bonds is 1. The van der Waals surface area contributed by atoms with E-state index in [1.807, 2.05) is 150 Å². The molecule has 0 unspecified atom stereocenters. The van der Waals surface area contributed by atoms with Crippen LogP contribution in [0.4, 0.5) is 5.69 Å². The summed E-state index contributed by atoms with van der Waals surface area (Å²) >= 11 is 0. The number of aromatic nitrogens is 8. The predicted molar refractivity (Wildman–Crippen MR) is 255 cm³/mol. The van der Waals surface area contributed by atoms with Crippen molar-refractivity contribution in [2.45, 2.75) is 48.0 Å². The van der Waals surface area contributed by atoms with Crippen LogP contribution in [0.1, 0.15) is 41.3 Å². The summed E-state index contributed by atoms with van der Waals surface area (Å²) in [7, 11) is 0. The summed E-state index contributed by atoms with van der Waals surface area (Å²) in [5, 5.41) is 2.30. The van der Waals surface area contributed by atoms with Crippen molar-refractivity contribution in [1.82, 2.24) is 39.5 Å². The Labute approximate surface area is 364 Å². The van der Waals surface area contributed by atoms with Gasteiger partial charge in [-0.05, 0) is 114 Å². The van der Waals surface area contributed by atoms with Crippen LogP contribution >= 0.6 is 0 Å². The molecule has 62 heavy (non-hydrogen) atoms. The SMILES string of the molecule is CC1=Nc2ccccc2C1.Cc1ccc2ccccc2n1.Cc1ccccn1.Cc1nc2ccccc2n1-c1ccccc1.Cc1ncc2ccccc2n1.Cc1ncccn1. The molecule has 0 atom stereocenters. The summed E-state index contributed by atoms with van der Waals surface area (Å²) < 4.78 is 2.18. The highest BCUT2D eigenvalue weighted by molar-refractivity contribution is 5.92. The Morgan fingerprint density at radius 2 is 1.03 bits per heavy atom. The van der Waals surface area contributed by atoms with E-state index in [4.69, 9.17) is 0 Å². The van der Waals surface area contributed by atoms with Crippen molar-refractivity contribution >= 4 is 44.2 Å². The van der Waals surface area contributed by atoms with E-state index in [9.17, 15) is 0 Å². The van der Waals surface area contributed by atoms with Crippen LogP contribution in [-0.2, 0) is 6.42 Å². The number of fused-ring (bicyclic) bond motifs is 4. The maximum Gasteiger partial charge on any atom is 0.125 e. The number of hydrogen-bond donors (Lipinski definition) is 0. The highest BCUT2D eigenvalue weighted by atomic mass is 15.1. The molecule has 9 nitrogen and oxygen atoms in total. The number of benzene rings is 5. The Hall–Kier alpha value is -7.78. The maximum atomic E-state index is 4.55. The number of aliphatic imine (C=N–C) groups is 1. The topological polar surface area (TPSA) is 108 Å². The molecule has 0 fully saturated rings. The summed E-state index contributed by atoms with van der Waals surface area (Å²) in [6, 6.07) is 54.7. The quantitative estimate of drug-likeness (QED) is 0.162. The first kappa shape index (κ1) is 43.8. The molecule has 0 radical (unpaired) electrons. The van der Waals surface area contributed by atoms with E-state index in [0.29, 0.717) is 0 Å². The molecule has 308 valence electrons. The van der Waals surface area contributed by atoms with Gasteiger partial charge in [-0.15, -0.1) is 0 Å². The Morgan fingerprint density at radius 3 is 1.69 bits per heavy atom. The van der Waals surface area contributed by atoms with Gasteiger partial charge in [0.05, 0.1) is 27.8 Å². The molecule has 11 rings (SSSR count). The molecule has 5 aromatic carbocycles. The van der Waals surface area contributed by atoms with E-state index in [0.717, 1.165) is 74.1 Å². The first-order valence-electron chi connectivity index (χ1n) is 20.5. The van der Waals surface area contributed by atoms with Crippen molar-refractivity contribution in [3.8, 4) is 5.69 Å². The van der Waals surface area contributed by atoms with Gasteiger partial charge in [-0.1, -0.05) is 97.1 Å². The normalized spacial score (nSPS) is 10.8. The largest absolute Gasteiger partial charge is 0.297 e. The molecule has 0 amide bonds. The third-order valence-corrected chi connectivity index (χ3v) is 9.35. The van der Waals surface area contributed by atoms with Crippen LogP contribution in [0.2, 0.25) is 0 Å². The molecule has 0 spiro atoms. The Bertz CT molecular complexity index is 2830. The lowest BCUT2D eigenvalue weighted by molar-refractivity contribution is 1.00. The number of para-hydroxylation sites is 6. The lowest BCUT2D eigenvalue weighted by Crippen LogP contribution is -1.95. The van der Waals surface area contributed by atoms with Crippen molar-refractivity contribution in [1.29, 1.82) is 0 Å². The van der Waals surface area contributed by atoms with Crippen molar-refractivity contribution < 1.29 is 0 Å². The van der Waals surface area contributed by atoms with Gasteiger partial charge in [0.25, 0.3) is 0 Å². The summed E-state index contributed by atoms with van der Waals surface area (Å²) in [6.45, 7) is 11.8. The molecule has 0 saturated carbocycles. The first-order chi connectivity index (χ1) is 30.2. The van der Waals surface area contributed by atoms with Crippen molar-refractivity contribution in [3.63, 3.8) is 0 Å². The average Bonchev–Trinajstić information content (AvgIpc) is 3.86. The van der Waals surface area contributed by atoms with Crippen molar-refractivity contribution in [2.75, 3.05) is 0 Å². The number of imidazole rings is 1. The van der Waals surface area contributed by atoms with E-state index in [1.165, 1.54) is 16.7 Å². The van der Waals surface area contributed by atoms with E-state index in [2.05, 4.69) is 99.9 Å². The van der Waals surface area contributed by atoms with Crippen LogP contribution in [0.25, 0.3) is 38.5 Å². The van der Waals surface area contributed by atoms with E-state index in [1.54, 1.807) is 24.7 Å². The van der Waals surface area contributed by atoms with Crippen molar-refractivity contribution in [2.24, 2.45) is 4.99 Å². The molecule has 0 saturated heterocycles. The highest BCUT2D eigenvalue weighted by Crippen LogP contribution is 2.25. The summed E-state index contributed by atoms with van der Waals surface area (Å²) in [5.41, 5.74) is 11.3. The molecule has 0 bridgehead atoms. The van der Waals surface area contributed by atoms with Gasteiger partial charge in [0.2, 0.25) is 0 Å². The zero-order valence-corrected chi connectivity index (χ0v) is 36.1. The number of nitrogens with zero attached hydrogens (tertiary/aromatic N) is 9. The number of hydrogen-bond acceptors (Lipinski definition) is 8. The minimum absolute atomic E-state index is 0.822. The second-order valence-corrected chi connectivity index (χ2v) is 14.4. The minimum atomic E-state index is 0.822. The Balaban J connectivity index is 0.000000127. The standard InChI is InChI=1S/C14H12N2.C10H9N.C9H8N2.C9H9N.C6H7N.C5H6N2/c1-11-15-13-9-5-6-10-14(13)16(11)12-7-3-2-4-8-12;1-8-6-7-9-4-2-3-5-10(9)11-8;1-7-10-6-8-4-2-3-5-9(8)11-7;1-7-6-8-4-2-3-5-9(8)10-7;1-6-4-2-3-5-7-6;1-5-6-3-2-4-7-5/h2-10H,1H3;2-7H,1H3;2-6H,1H3;2-5H,6H2,1H3;2-5H,1H3;2-4H,1H3. The van der Waals surface area contributed by atoms with Gasteiger partial charge < -0.3 is 0 Å². The highest BCUT2D eigenvalue weighted by Gasteiger charge is 2.09. The molecular weight excluding hydrogens is 763 g/mol. The molecule has 0 aliphatic carbocycles. The fraction of sp³-hybridized carbons (Fsp3) is 0.132. The summed E-state index contributed by atoms with van der Waals surface area (Å²) in [6.07, 6.45) is 8.12. The molecule has 1 aliphatic rings. The third kappa shape index (κ3) is 13.1. The van der Waals surface area contributed by atoms with E-state index < -0.39 is 0 Å². The average molecular weight is 814 g/mol. The van der Waals surface area contributed by atoms with Gasteiger partial charge in [0.15, 0.2) is 0 Å². The van der Waals surface area contributed by atoms with Crippen LogP contribution in [-0.4, -0.2) is 45.2 Å². The lowest BCUT2D eigenvalue weighted by atomic mass is 10.1. The van der Waals surface area contributed by atoms with E-state index in [-0.39, 0.29) is 0 Å². The molecule has 1 aliphatic heterocycles. The molecule has 5 aromatic heterocycles. The monoisotopic (exact) mass is 813 g/mol. The first-order valence-corrected chi connectivity index (χ1v) is 20.5. The molecule has 0 N–H and O–H groups in total. The van der Waals surface area contributed by atoms with Crippen LogP contribution in [0.3, 0.4) is 0 Å². The smallest absolute Gasteiger partial charge is 0.125 e. The van der Waals surface area contributed by atoms with E-state index >= 15 is 0 Å². The fourth-order valence-corrected chi connectivity index (χ4v) is 6.39. The summed E-state index contributed by atoms with van der Waals surface area (Å²) in [4.78, 5) is 33.4. The molecule has 10 aromatic rings. The van der Waals surface area contributed by atoms with Gasteiger partial charge in [0.1, 0.15) is 17.5 Å². The number of pyridine rings is 2. The van der Waals surface area contributed by atoms with Crippen LogP contribution in [0.5, 0.6) is 0 Å².